The number of halogens is 1. The minimum atomic E-state index is -0.352. The number of hydrogen-bond acceptors (Lipinski definition) is 3. The van der Waals surface area contributed by atoms with Crippen molar-refractivity contribution in [3.63, 3.8) is 0 Å². The van der Waals surface area contributed by atoms with E-state index in [1.54, 1.807) is 24.5 Å². The van der Waals surface area contributed by atoms with E-state index in [-0.39, 0.29) is 6.10 Å². The number of rotatable bonds is 4. The van der Waals surface area contributed by atoms with Crippen molar-refractivity contribution < 1.29 is 5.11 Å². The third kappa shape index (κ3) is 2.93. The molecule has 0 bridgehead atoms. The van der Waals surface area contributed by atoms with Gasteiger partial charge in [-0.05, 0) is 39.9 Å². The van der Waals surface area contributed by atoms with Gasteiger partial charge in [-0.1, -0.05) is 0 Å². The number of aliphatic hydroxyl groups excluding tert-OH is 1. The van der Waals surface area contributed by atoms with Crippen molar-refractivity contribution in [3.05, 3.63) is 39.0 Å². The second-order valence-electron chi connectivity index (χ2n) is 3.78. The summed E-state index contributed by atoms with van der Waals surface area (Å²) in [5, 5.41) is 11.5. The van der Waals surface area contributed by atoms with E-state index in [0.29, 0.717) is 6.42 Å². The van der Waals surface area contributed by atoms with Crippen LogP contribution in [0.25, 0.3) is 0 Å². The summed E-state index contributed by atoms with van der Waals surface area (Å²) in [7, 11) is 0. The van der Waals surface area contributed by atoms with Gasteiger partial charge in [0.05, 0.1) is 9.89 Å². The van der Waals surface area contributed by atoms with E-state index in [9.17, 15) is 5.11 Å². The van der Waals surface area contributed by atoms with Crippen LogP contribution >= 0.6 is 27.3 Å². The molecular weight excluding hydrogens is 288 g/mol. The van der Waals surface area contributed by atoms with Crippen molar-refractivity contribution in [2.45, 2.75) is 26.0 Å². The lowest BCUT2D eigenvalue weighted by molar-refractivity contribution is 0.191. The molecule has 0 aliphatic carbocycles. The molecule has 0 fully saturated rings. The van der Waals surface area contributed by atoms with Crippen LogP contribution in [0, 0.1) is 0 Å². The predicted octanol–water partition coefficient (Wildman–Crippen LogP) is 2.68. The maximum Gasteiger partial charge on any atom is 0.111 e. The standard InChI is InChI=1S/C11H13BrN2OS/c1-8(15)4-11-13-2-3-14(11)6-9-5-10(12)16-7-9/h2-3,5,7-8,15H,4,6H2,1H3. The monoisotopic (exact) mass is 300 g/mol. The number of nitrogens with zero attached hydrogens (tertiary/aromatic N) is 2. The average molecular weight is 301 g/mol. The van der Waals surface area contributed by atoms with Crippen LogP contribution in [0.1, 0.15) is 18.3 Å². The molecule has 3 nitrogen and oxygen atoms in total. The van der Waals surface area contributed by atoms with Gasteiger partial charge < -0.3 is 9.67 Å². The zero-order chi connectivity index (χ0) is 11.5. The Morgan fingerprint density at radius 3 is 3.06 bits per heavy atom. The van der Waals surface area contributed by atoms with Crippen LogP contribution < -0.4 is 0 Å². The first-order chi connectivity index (χ1) is 7.65. The Balaban J connectivity index is 2.12. The van der Waals surface area contributed by atoms with E-state index in [1.807, 2.05) is 6.20 Å². The van der Waals surface area contributed by atoms with Gasteiger partial charge in [0.2, 0.25) is 0 Å². The molecule has 0 spiro atoms. The van der Waals surface area contributed by atoms with Crippen molar-refractivity contribution in [2.75, 3.05) is 0 Å². The van der Waals surface area contributed by atoms with Crippen molar-refractivity contribution in [2.24, 2.45) is 0 Å². The predicted molar refractivity (Wildman–Crippen MR) is 68.7 cm³/mol. The summed E-state index contributed by atoms with van der Waals surface area (Å²) in [5.41, 5.74) is 1.25. The Labute approximate surface area is 107 Å². The van der Waals surface area contributed by atoms with Gasteiger partial charge in [-0.3, -0.25) is 0 Å². The van der Waals surface area contributed by atoms with Gasteiger partial charge in [0, 0.05) is 25.4 Å². The summed E-state index contributed by atoms with van der Waals surface area (Å²) >= 11 is 5.13. The van der Waals surface area contributed by atoms with Crippen molar-refractivity contribution in [3.8, 4) is 0 Å². The first kappa shape index (κ1) is 11.8. The van der Waals surface area contributed by atoms with Crippen LogP contribution in [0.5, 0.6) is 0 Å². The summed E-state index contributed by atoms with van der Waals surface area (Å²) < 4.78 is 3.21. The molecule has 0 aliphatic rings. The summed E-state index contributed by atoms with van der Waals surface area (Å²) in [6.45, 7) is 2.59. The molecular formula is C11H13BrN2OS. The van der Waals surface area contributed by atoms with E-state index in [2.05, 4.69) is 36.9 Å². The molecule has 1 unspecified atom stereocenters. The molecule has 16 heavy (non-hydrogen) atoms. The molecule has 2 rings (SSSR count). The Morgan fingerprint density at radius 1 is 1.62 bits per heavy atom. The number of hydrogen-bond donors (Lipinski definition) is 1. The first-order valence-electron chi connectivity index (χ1n) is 5.06. The molecule has 0 amide bonds. The van der Waals surface area contributed by atoms with Gasteiger partial charge >= 0.3 is 0 Å². The Bertz CT molecular complexity index is 464. The maximum atomic E-state index is 9.36. The summed E-state index contributed by atoms with van der Waals surface area (Å²) in [6.07, 6.45) is 3.97. The first-order valence-corrected chi connectivity index (χ1v) is 6.73. The normalized spacial score (nSPS) is 12.9. The Hall–Kier alpha value is -0.650. The fourth-order valence-electron chi connectivity index (χ4n) is 1.56. The molecule has 5 heteroatoms. The molecule has 0 saturated carbocycles. The van der Waals surface area contributed by atoms with Crippen molar-refractivity contribution >= 4 is 27.3 Å². The highest BCUT2D eigenvalue weighted by atomic mass is 79.9. The second kappa shape index (κ2) is 5.12. The molecule has 86 valence electrons. The average Bonchev–Trinajstić information content (AvgIpc) is 2.77. The lowest BCUT2D eigenvalue weighted by atomic mass is 10.2. The SMILES string of the molecule is CC(O)Cc1nccn1Cc1csc(Br)c1. The van der Waals surface area contributed by atoms with Crippen LogP contribution in [0.2, 0.25) is 0 Å². The highest BCUT2D eigenvalue weighted by molar-refractivity contribution is 9.11. The van der Waals surface area contributed by atoms with Gasteiger partial charge in [-0.2, -0.15) is 0 Å². The van der Waals surface area contributed by atoms with Crippen molar-refractivity contribution in [1.82, 2.24) is 9.55 Å². The van der Waals surface area contributed by atoms with Gasteiger partial charge in [-0.15, -0.1) is 11.3 Å². The van der Waals surface area contributed by atoms with Crippen molar-refractivity contribution in [1.29, 1.82) is 0 Å². The van der Waals surface area contributed by atoms with Crippen LogP contribution in [0.3, 0.4) is 0 Å². The highest BCUT2D eigenvalue weighted by Gasteiger charge is 2.07. The van der Waals surface area contributed by atoms with Gasteiger partial charge in [0.25, 0.3) is 0 Å². The van der Waals surface area contributed by atoms with Gasteiger partial charge in [0.1, 0.15) is 5.82 Å². The zero-order valence-electron chi connectivity index (χ0n) is 8.93. The number of aromatic nitrogens is 2. The Morgan fingerprint density at radius 2 is 2.44 bits per heavy atom. The molecule has 2 aromatic rings. The zero-order valence-corrected chi connectivity index (χ0v) is 11.3. The van der Waals surface area contributed by atoms with Crippen LogP contribution in [-0.4, -0.2) is 20.8 Å². The topological polar surface area (TPSA) is 38.1 Å². The van der Waals surface area contributed by atoms with E-state index >= 15 is 0 Å². The molecule has 1 atom stereocenters. The molecule has 0 aromatic carbocycles. The lowest BCUT2D eigenvalue weighted by Gasteiger charge is -2.07. The number of aliphatic hydroxyl groups is 1. The summed E-state index contributed by atoms with van der Waals surface area (Å²) in [5.74, 6) is 0.928. The minimum absolute atomic E-state index is 0.352. The summed E-state index contributed by atoms with van der Waals surface area (Å²) in [4.78, 5) is 4.25. The summed E-state index contributed by atoms with van der Waals surface area (Å²) in [6, 6.07) is 2.11. The lowest BCUT2D eigenvalue weighted by Crippen LogP contribution is -2.11. The molecule has 1 N–H and O–H groups in total. The third-order valence-corrected chi connectivity index (χ3v) is 3.81. The Kier molecular flexibility index (Phi) is 3.78. The van der Waals surface area contributed by atoms with Gasteiger partial charge in [0.15, 0.2) is 0 Å². The van der Waals surface area contributed by atoms with Crippen LogP contribution in [-0.2, 0) is 13.0 Å². The quantitative estimate of drug-likeness (QED) is 0.943. The fourth-order valence-corrected chi connectivity index (χ4v) is 2.76. The maximum absolute atomic E-state index is 9.36. The third-order valence-electron chi connectivity index (χ3n) is 2.25. The molecule has 0 aliphatic heterocycles. The molecule has 0 radical (unpaired) electrons. The van der Waals surface area contributed by atoms with E-state index in [4.69, 9.17) is 0 Å². The smallest absolute Gasteiger partial charge is 0.111 e. The van der Waals surface area contributed by atoms with E-state index < -0.39 is 0 Å². The van der Waals surface area contributed by atoms with Crippen LogP contribution in [0.15, 0.2) is 27.6 Å². The van der Waals surface area contributed by atoms with Crippen LogP contribution in [0.4, 0.5) is 0 Å². The van der Waals surface area contributed by atoms with Gasteiger partial charge in [-0.25, -0.2) is 4.98 Å². The fraction of sp³-hybridized carbons (Fsp3) is 0.364. The highest BCUT2D eigenvalue weighted by Crippen LogP contribution is 2.21. The minimum Gasteiger partial charge on any atom is -0.393 e. The number of imidazole rings is 1. The molecule has 2 heterocycles. The number of thiophene rings is 1. The largest absolute Gasteiger partial charge is 0.393 e. The molecule has 0 saturated heterocycles. The molecule has 2 aromatic heterocycles. The second-order valence-corrected chi connectivity index (χ2v) is 6.07. The van der Waals surface area contributed by atoms with E-state index in [0.717, 1.165) is 16.2 Å². The van der Waals surface area contributed by atoms with E-state index in [1.165, 1.54) is 5.56 Å².